The molecule has 142 valence electrons. The number of amides is 1. The first-order valence-corrected chi connectivity index (χ1v) is 9.97. The predicted molar refractivity (Wildman–Crippen MR) is 101 cm³/mol. The Kier molecular flexibility index (Phi) is 4.30. The summed E-state index contributed by atoms with van der Waals surface area (Å²) in [6.07, 6.45) is 4.14. The topological polar surface area (TPSA) is 47.6 Å². The van der Waals surface area contributed by atoms with Crippen LogP contribution in [-0.4, -0.2) is 25.7 Å². The molecular weight excluding hydrogens is 326 g/mol. The first kappa shape index (κ1) is 17.8. The molecule has 1 N–H and O–H groups in total. The monoisotopic (exact) mass is 357 g/mol. The fourth-order valence-corrected chi connectivity index (χ4v) is 6.17. The van der Waals surface area contributed by atoms with Crippen LogP contribution in [0.15, 0.2) is 24.3 Å². The van der Waals surface area contributed by atoms with E-state index in [1.807, 2.05) is 19.1 Å². The summed E-state index contributed by atoms with van der Waals surface area (Å²) in [6.45, 7) is 7.41. The zero-order valence-corrected chi connectivity index (χ0v) is 16.4. The highest BCUT2D eigenvalue weighted by molar-refractivity contribution is 5.76. The highest BCUT2D eigenvalue weighted by Gasteiger charge is 2.68. The fourth-order valence-electron chi connectivity index (χ4n) is 6.17. The molecule has 0 aromatic heterocycles. The summed E-state index contributed by atoms with van der Waals surface area (Å²) in [4.78, 5) is 12.3. The van der Waals surface area contributed by atoms with Crippen LogP contribution in [0.3, 0.4) is 0 Å². The van der Waals surface area contributed by atoms with E-state index in [1.165, 1.54) is 18.4 Å². The van der Waals surface area contributed by atoms with Crippen LogP contribution in [-0.2, 0) is 9.53 Å². The van der Waals surface area contributed by atoms with E-state index in [9.17, 15) is 4.79 Å². The molecule has 4 nitrogen and oxygen atoms in total. The molecule has 1 aromatic carbocycles. The van der Waals surface area contributed by atoms with E-state index in [0.29, 0.717) is 18.3 Å². The molecule has 26 heavy (non-hydrogen) atoms. The van der Waals surface area contributed by atoms with Crippen molar-refractivity contribution in [3.8, 4) is 5.75 Å². The molecule has 2 bridgehead atoms. The minimum absolute atomic E-state index is 0.122. The van der Waals surface area contributed by atoms with Crippen LogP contribution in [0.1, 0.15) is 58.1 Å². The van der Waals surface area contributed by atoms with E-state index >= 15 is 0 Å². The van der Waals surface area contributed by atoms with Crippen molar-refractivity contribution in [1.82, 2.24) is 5.32 Å². The molecule has 3 aliphatic rings. The molecule has 4 heteroatoms. The first-order chi connectivity index (χ1) is 12.4. The third kappa shape index (κ3) is 2.49. The minimum atomic E-state index is 0.122. The van der Waals surface area contributed by atoms with Gasteiger partial charge in [0.1, 0.15) is 5.75 Å². The van der Waals surface area contributed by atoms with Crippen molar-refractivity contribution in [3.63, 3.8) is 0 Å². The van der Waals surface area contributed by atoms with Crippen LogP contribution >= 0.6 is 0 Å². The number of nitrogens with one attached hydrogen (secondary N) is 1. The Labute approximate surface area is 156 Å². The largest absolute Gasteiger partial charge is 0.497 e. The van der Waals surface area contributed by atoms with Crippen molar-refractivity contribution in [2.24, 2.45) is 22.7 Å². The van der Waals surface area contributed by atoms with Gasteiger partial charge in [-0.2, -0.15) is 0 Å². The number of hydrogen-bond acceptors (Lipinski definition) is 3. The number of hydrogen-bond donors (Lipinski definition) is 1. The van der Waals surface area contributed by atoms with Gasteiger partial charge in [-0.15, -0.1) is 0 Å². The van der Waals surface area contributed by atoms with Gasteiger partial charge in [-0.05, 0) is 59.6 Å². The molecule has 0 radical (unpaired) electrons. The average molecular weight is 357 g/mol. The van der Waals surface area contributed by atoms with E-state index < -0.39 is 0 Å². The van der Waals surface area contributed by atoms with Crippen LogP contribution in [0.2, 0.25) is 0 Å². The summed E-state index contributed by atoms with van der Waals surface area (Å²) in [5.41, 5.74) is 1.56. The first-order valence-electron chi connectivity index (χ1n) is 9.97. The van der Waals surface area contributed by atoms with Crippen molar-refractivity contribution in [1.29, 1.82) is 0 Å². The number of methoxy groups -OCH3 is 1. The lowest BCUT2D eigenvalue weighted by atomic mass is 9.59. The normalized spacial score (nSPS) is 37.2. The van der Waals surface area contributed by atoms with Crippen molar-refractivity contribution >= 4 is 5.91 Å². The quantitative estimate of drug-likeness (QED) is 0.882. The number of fused-ring (bicyclic) bond motifs is 1. The van der Waals surface area contributed by atoms with Gasteiger partial charge in [0.05, 0.1) is 13.2 Å². The maximum Gasteiger partial charge on any atom is 0.219 e. The number of carbonyl (C=O) groups excluding carboxylic acids is 1. The van der Waals surface area contributed by atoms with Crippen LogP contribution in [0.4, 0.5) is 0 Å². The summed E-state index contributed by atoms with van der Waals surface area (Å²) >= 11 is 0. The van der Waals surface area contributed by atoms with Gasteiger partial charge in [-0.1, -0.05) is 32.9 Å². The highest BCUT2D eigenvalue weighted by Crippen LogP contribution is 2.70. The van der Waals surface area contributed by atoms with Crippen molar-refractivity contribution in [2.45, 2.75) is 58.6 Å². The predicted octanol–water partition coefficient (Wildman–Crippen LogP) is 4.10. The molecule has 0 unspecified atom stereocenters. The van der Waals surface area contributed by atoms with Gasteiger partial charge in [-0.25, -0.2) is 0 Å². The summed E-state index contributed by atoms with van der Waals surface area (Å²) in [6, 6.07) is 8.57. The zero-order valence-electron chi connectivity index (χ0n) is 16.4. The highest BCUT2D eigenvalue weighted by atomic mass is 16.5. The molecule has 5 atom stereocenters. The molecule has 3 fully saturated rings. The average Bonchev–Trinajstić information content (AvgIpc) is 3.14. The van der Waals surface area contributed by atoms with Gasteiger partial charge in [0.25, 0.3) is 0 Å². The lowest BCUT2D eigenvalue weighted by molar-refractivity contribution is -0.137. The van der Waals surface area contributed by atoms with E-state index in [2.05, 4.69) is 31.3 Å². The minimum Gasteiger partial charge on any atom is -0.497 e. The smallest absolute Gasteiger partial charge is 0.219 e. The molecular formula is C22H31NO3. The third-order valence-corrected chi connectivity index (χ3v) is 7.58. The van der Waals surface area contributed by atoms with Gasteiger partial charge >= 0.3 is 0 Å². The lowest BCUT2D eigenvalue weighted by Gasteiger charge is -2.53. The number of benzene rings is 1. The second-order valence-electron chi connectivity index (χ2n) is 8.97. The maximum atomic E-state index is 12.3. The maximum absolute atomic E-state index is 12.3. The summed E-state index contributed by atoms with van der Waals surface area (Å²) in [7, 11) is 1.69. The zero-order chi connectivity index (χ0) is 18.5. The third-order valence-electron chi connectivity index (χ3n) is 7.58. The van der Waals surface area contributed by atoms with E-state index in [-0.39, 0.29) is 28.9 Å². The molecule has 2 aliphatic carbocycles. The van der Waals surface area contributed by atoms with Gasteiger partial charge in [0.15, 0.2) is 0 Å². The van der Waals surface area contributed by atoms with Crippen LogP contribution in [0.25, 0.3) is 0 Å². The van der Waals surface area contributed by atoms with Gasteiger partial charge in [-0.3, -0.25) is 4.79 Å². The van der Waals surface area contributed by atoms with Crippen LogP contribution < -0.4 is 10.1 Å². The SMILES string of the molecule is CCC(=O)N[C@@H]1C(C)(C)[C@@H]2C[C@@H]3[C@@H](c4ccc(OC)cc4)OCC[C@@]31C2. The summed E-state index contributed by atoms with van der Waals surface area (Å²) in [5, 5.41) is 3.42. The van der Waals surface area contributed by atoms with E-state index in [1.54, 1.807) is 7.11 Å². The number of ether oxygens (including phenoxy) is 2. The van der Waals surface area contributed by atoms with Crippen LogP contribution in [0.5, 0.6) is 5.75 Å². The second-order valence-corrected chi connectivity index (χ2v) is 8.97. The number of rotatable bonds is 4. The molecule has 1 aliphatic heterocycles. The van der Waals surface area contributed by atoms with Gasteiger partial charge < -0.3 is 14.8 Å². The van der Waals surface area contributed by atoms with Gasteiger partial charge in [0.2, 0.25) is 5.91 Å². The Morgan fingerprint density at radius 3 is 2.69 bits per heavy atom. The Bertz CT molecular complexity index is 683. The second kappa shape index (κ2) is 6.26. The van der Waals surface area contributed by atoms with Gasteiger partial charge in [0, 0.05) is 19.1 Å². The Hall–Kier alpha value is -1.55. The van der Waals surface area contributed by atoms with E-state index in [0.717, 1.165) is 18.8 Å². The standard InChI is InChI=1S/C22H31NO3/c1-5-18(24)23-20-21(2,3)15-12-17-19(26-11-10-22(17,20)13-15)14-6-8-16(25-4)9-7-14/h6-9,15,17,19-20H,5,10-13H2,1-4H3,(H,23,24)/t15-,17-,19-,20-,22-/m1/s1. The summed E-state index contributed by atoms with van der Waals surface area (Å²) < 4.78 is 11.6. The lowest BCUT2D eigenvalue weighted by Crippen LogP contribution is -2.58. The molecule has 4 rings (SSSR count). The molecule has 1 spiro atoms. The Morgan fingerprint density at radius 1 is 1.31 bits per heavy atom. The van der Waals surface area contributed by atoms with Crippen molar-refractivity contribution < 1.29 is 14.3 Å². The molecule has 1 amide bonds. The molecule has 1 aromatic rings. The Balaban J connectivity index is 1.66. The Morgan fingerprint density at radius 2 is 2.04 bits per heavy atom. The van der Waals surface area contributed by atoms with Crippen molar-refractivity contribution in [2.75, 3.05) is 13.7 Å². The van der Waals surface area contributed by atoms with Crippen LogP contribution in [0, 0.1) is 22.7 Å². The molecule has 1 heterocycles. The molecule has 1 saturated heterocycles. The molecule has 2 saturated carbocycles. The van der Waals surface area contributed by atoms with E-state index in [4.69, 9.17) is 9.47 Å². The summed E-state index contributed by atoms with van der Waals surface area (Å²) in [5.74, 6) is 2.18. The fraction of sp³-hybridized carbons (Fsp3) is 0.682. The van der Waals surface area contributed by atoms with Crippen molar-refractivity contribution in [3.05, 3.63) is 29.8 Å². The number of carbonyl (C=O) groups is 1.